The zero-order valence-corrected chi connectivity index (χ0v) is 10.7. The predicted molar refractivity (Wildman–Crippen MR) is 65.5 cm³/mol. The van der Waals surface area contributed by atoms with Crippen LogP contribution in [0.3, 0.4) is 0 Å². The van der Waals surface area contributed by atoms with Gasteiger partial charge in [0.2, 0.25) is 0 Å². The van der Waals surface area contributed by atoms with Crippen molar-refractivity contribution in [2.24, 2.45) is 5.10 Å². The first kappa shape index (κ1) is 13.2. The summed E-state index contributed by atoms with van der Waals surface area (Å²) in [5.41, 5.74) is 0.500. The fourth-order valence-corrected chi connectivity index (χ4v) is 2.41. The molecule has 0 amide bonds. The number of alkyl halides is 3. The van der Waals surface area contributed by atoms with Crippen LogP contribution in [0.2, 0.25) is 0 Å². The van der Waals surface area contributed by atoms with Crippen LogP contribution in [0.1, 0.15) is 24.5 Å². The number of aliphatic hydroxyl groups is 1. The van der Waals surface area contributed by atoms with E-state index in [1.54, 1.807) is 23.6 Å². The Balaban J connectivity index is 1.85. The lowest BCUT2D eigenvalue weighted by Gasteiger charge is -2.24. The summed E-state index contributed by atoms with van der Waals surface area (Å²) in [6.45, 7) is 1.93. The first-order chi connectivity index (χ1) is 9.28. The molecule has 2 heterocycles. The molecule has 1 aromatic carbocycles. The van der Waals surface area contributed by atoms with Crippen LogP contribution in [-0.4, -0.2) is 28.8 Å². The summed E-state index contributed by atoms with van der Waals surface area (Å²) in [6, 6.07) is 5.14. The molecule has 1 aromatic rings. The fraction of sp³-hybridized carbons (Fsp3) is 0.462. The molecular formula is C13H13F3N2O2. The van der Waals surface area contributed by atoms with Gasteiger partial charge in [0.15, 0.2) is 0 Å². The number of halogens is 3. The zero-order valence-electron chi connectivity index (χ0n) is 10.7. The van der Waals surface area contributed by atoms with Gasteiger partial charge < -0.3 is 9.84 Å². The molecule has 0 unspecified atom stereocenters. The Hall–Kier alpha value is -1.76. The first-order valence-electron chi connectivity index (χ1n) is 6.21. The number of nitrogens with zero attached hydrogens (tertiary/aromatic N) is 1. The smallest absolute Gasteiger partial charge is 0.438 e. The molecule has 20 heavy (non-hydrogen) atoms. The number of rotatable bonds is 1. The monoisotopic (exact) mass is 286 g/mol. The second-order valence-corrected chi connectivity index (χ2v) is 5.16. The van der Waals surface area contributed by atoms with E-state index in [2.05, 4.69) is 5.10 Å². The molecule has 3 rings (SSSR count). The summed E-state index contributed by atoms with van der Waals surface area (Å²) in [5, 5.41) is 13.1. The van der Waals surface area contributed by atoms with Crippen LogP contribution in [-0.2, 0) is 6.42 Å². The van der Waals surface area contributed by atoms with Crippen LogP contribution >= 0.6 is 0 Å². The van der Waals surface area contributed by atoms with E-state index in [0.717, 1.165) is 11.3 Å². The standard InChI is InChI=1S/C13H13F3N2O2/c1-7-4-9-5-8(2-3-11(9)20-7)10-6-12(19,18-17-10)13(14,15)16/h2-3,5,7,18-19H,4,6H2,1H3/t7-,12+/m0/s1. The van der Waals surface area contributed by atoms with Crippen molar-refractivity contribution >= 4 is 5.71 Å². The van der Waals surface area contributed by atoms with Crippen LogP contribution in [0, 0.1) is 0 Å². The molecule has 4 nitrogen and oxygen atoms in total. The van der Waals surface area contributed by atoms with Crippen molar-refractivity contribution in [1.82, 2.24) is 5.43 Å². The molecule has 0 aliphatic carbocycles. The van der Waals surface area contributed by atoms with Crippen LogP contribution in [0.15, 0.2) is 23.3 Å². The molecule has 0 aromatic heterocycles. The maximum Gasteiger partial charge on any atom is 0.438 e. The average Bonchev–Trinajstić information content (AvgIpc) is 2.90. The molecule has 2 N–H and O–H groups in total. The summed E-state index contributed by atoms with van der Waals surface area (Å²) in [4.78, 5) is 0. The quantitative estimate of drug-likeness (QED) is 0.829. The zero-order chi connectivity index (χ0) is 14.5. The van der Waals surface area contributed by atoms with Crippen molar-refractivity contribution in [3.05, 3.63) is 29.3 Å². The molecule has 0 radical (unpaired) electrons. The van der Waals surface area contributed by atoms with Crippen molar-refractivity contribution in [3.63, 3.8) is 0 Å². The number of ether oxygens (including phenoxy) is 1. The van der Waals surface area contributed by atoms with Crippen molar-refractivity contribution < 1.29 is 23.0 Å². The summed E-state index contributed by atoms with van der Waals surface area (Å²) in [6.07, 6.45) is -4.60. The molecule has 2 aliphatic rings. The van der Waals surface area contributed by atoms with E-state index in [1.807, 2.05) is 6.92 Å². The van der Waals surface area contributed by atoms with E-state index >= 15 is 0 Å². The van der Waals surface area contributed by atoms with Gasteiger partial charge in [0.25, 0.3) is 5.72 Å². The van der Waals surface area contributed by atoms with Crippen LogP contribution in [0.5, 0.6) is 5.75 Å². The first-order valence-corrected chi connectivity index (χ1v) is 6.21. The highest BCUT2D eigenvalue weighted by Gasteiger charge is 2.57. The van der Waals surface area contributed by atoms with Crippen molar-refractivity contribution in [3.8, 4) is 5.75 Å². The molecule has 108 valence electrons. The highest BCUT2D eigenvalue weighted by Crippen LogP contribution is 2.36. The SMILES string of the molecule is C[C@H]1Cc2cc(C3=NN[C@](O)(C(F)(F)F)C3)ccc2O1. The molecule has 7 heteroatoms. The van der Waals surface area contributed by atoms with Gasteiger partial charge in [-0.2, -0.15) is 18.3 Å². The number of hydrazone groups is 1. The fourth-order valence-electron chi connectivity index (χ4n) is 2.41. The van der Waals surface area contributed by atoms with Gasteiger partial charge in [0.1, 0.15) is 11.9 Å². The van der Waals surface area contributed by atoms with Gasteiger partial charge in [-0.1, -0.05) is 0 Å². The second-order valence-electron chi connectivity index (χ2n) is 5.16. The lowest BCUT2D eigenvalue weighted by molar-refractivity contribution is -0.266. The lowest BCUT2D eigenvalue weighted by Crippen LogP contribution is -2.52. The minimum atomic E-state index is -4.77. The molecular weight excluding hydrogens is 273 g/mol. The largest absolute Gasteiger partial charge is 0.490 e. The van der Waals surface area contributed by atoms with E-state index < -0.39 is 18.3 Å². The summed E-state index contributed by atoms with van der Waals surface area (Å²) in [7, 11) is 0. The molecule has 0 spiro atoms. The molecule has 0 bridgehead atoms. The highest BCUT2D eigenvalue weighted by molar-refractivity contribution is 6.02. The second kappa shape index (κ2) is 4.12. The molecule has 0 saturated carbocycles. The Morgan fingerprint density at radius 1 is 1.45 bits per heavy atom. The molecule has 2 atom stereocenters. The Morgan fingerprint density at radius 3 is 2.85 bits per heavy atom. The maximum atomic E-state index is 12.7. The minimum absolute atomic E-state index is 0.0657. The Bertz CT molecular complexity index is 585. The van der Waals surface area contributed by atoms with Gasteiger partial charge in [0, 0.05) is 6.42 Å². The minimum Gasteiger partial charge on any atom is -0.490 e. The normalized spacial score (nSPS) is 28.6. The third-order valence-electron chi connectivity index (χ3n) is 3.50. The predicted octanol–water partition coefficient (Wildman–Crippen LogP) is 1.96. The Kier molecular flexibility index (Phi) is 2.72. The van der Waals surface area contributed by atoms with E-state index in [4.69, 9.17) is 4.74 Å². The van der Waals surface area contributed by atoms with Gasteiger partial charge in [0.05, 0.1) is 12.1 Å². The topological polar surface area (TPSA) is 53.9 Å². The van der Waals surface area contributed by atoms with E-state index in [1.165, 1.54) is 0 Å². The third-order valence-corrected chi connectivity index (χ3v) is 3.50. The Morgan fingerprint density at radius 2 is 2.20 bits per heavy atom. The molecule has 2 aliphatic heterocycles. The van der Waals surface area contributed by atoms with Crippen LogP contribution in [0.25, 0.3) is 0 Å². The van der Waals surface area contributed by atoms with Crippen LogP contribution in [0.4, 0.5) is 13.2 Å². The van der Waals surface area contributed by atoms with Gasteiger partial charge in [-0.3, -0.25) is 5.43 Å². The number of nitrogens with one attached hydrogen (secondary N) is 1. The molecule has 0 saturated heterocycles. The summed E-state index contributed by atoms with van der Waals surface area (Å²) < 4.78 is 43.6. The van der Waals surface area contributed by atoms with Crippen molar-refractivity contribution in [1.29, 1.82) is 0 Å². The third kappa shape index (κ3) is 2.02. The van der Waals surface area contributed by atoms with Gasteiger partial charge in [-0.25, -0.2) is 0 Å². The maximum absolute atomic E-state index is 12.7. The lowest BCUT2D eigenvalue weighted by atomic mass is 9.99. The van der Waals surface area contributed by atoms with Crippen LogP contribution < -0.4 is 10.2 Å². The number of hydrogen-bond donors (Lipinski definition) is 2. The highest BCUT2D eigenvalue weighted by atomic mass is 19.4. The summed E-state index contributed by atoms with van der Waals surface area (Å²) >= 11 is 0. The van der Waals surface area contributed by atoms with E-state index in [9.17, 15) is 18.3 Å². The van der Waals surface area contributed by atoms with Gasteiger partial charge >= 0.3 is 6.18 Å². The number of fused-ring (bicyclic) bond motifs is 1. The summed E-state index contributed by atoms with van der Waals surface area (Å²) in [5.74, 6) is 0.749. The van der Waals surface area contributed by atoms with Gasteiger partial charge in [-0.05, 0) is 36.2 Å². The van der Waals surface area contributed by atoms with E-state index in [-0.39, 0.29) is 11.8 Å². The Labute approximate surface area is 113 Å². The number of hydrogen-bond acceptors (Lipinski definition) is 4. The molecule has 0 fully saturated rings. The number of benzene rings is 1. The van der Waals surface area contributed by atoms with Crippen molar-refractivity contribution in [2.45, 2.75) is 37.8 Å². The van der Waals surface area contributed by atoms with Gasteiger partial charge in [-0.15, -0.1) is 0 Å². The van der Waals surface area contributed by atoms with E-state index in [0.29, 0.717) is 12.0 Å². The van der Waals surface area contributed by atoms with Crippen molar-refractivity contribution in [2.75, 3.05) is 0 Å². The average molecular weight is 286 g/mol.